The van der Waals surface area contributed by atoms with Crippen molar-refractivity contribution < 1.29 is 0 Å². The average Bonchev–Trinajstić information content (AvgIpc) is 2.05. The summed E-state index contributed by atoms with van der Waals surface area (Å²) in [6.45, 7) is 2.23. The molecule has 66 valence electrons. The van der Waals surface area contributed by atoms with Crippen LogP contribution in [0.3, 0.4) is 0 Å². The van der Waals surface area contributed by atoms with Crippen molar-refractivity contribution in [2.45, 2.75) is 22.1 Å². The number of hydrogen-bond acceptors (Lipinski definition) is 0. The van der Waals surface area contributed by atoms with E-state index in [0.29, 0.717) is 8.75 Å². The topological polar surface area (TPSA) is 0 Å². The molecule has 0 saturated heterocycles. The summed E-state index contributed by atoms with van der Waals surface area (Å²) in [6.07, 6.45) is 1.19. The molecule has 0 radical (unpaired) electrons. The van der Waals surface area contributed by atoms with Gasteiger partial charge in [0.05, 0.1) is 0 Å². The van der Waals surface area contributed by atoms with E-state index in [-0.39, 0.29) is 0 Å². The second-order valence-electron chi connectivity index (χ2n) is 2.89. The highest BCUT2D eigenvalue weighted by Gasteiger charge is 2.08. The molecule has 0 spiro atoms. The summed E-state index contributed by atoms with van der Waals surface area (Å²) in [6, 6.07) is 10.6. The predicted molar refractivity (Wildman–Crippen MR) is 66.2 cm³/mol. The van der Waals surface area contributed by atoms with Crippen molar-refractivity contribution in [3.8, 4) is 0 Å². The van der Waals surface area contributed by atoms with E-state index in [1.807, 2.05) is 0 Å². The van der Waals surface area contributed by atoms with Crippen molar-refractivity contribution in [3.05, 3.63) is 35.9 Å². The summed E-state index contributed by atoms with van der Waals surface area (Å²) in [5, 5.41) is 0. The van der Waals surface area contributed by atoms with Crippen LogP contribution in [0.5, 0.6) is 0 Å². The van der Waals surface area contributed by atoms with Crippen LogP contribution in [0, 0.1) is 0 Å². The molecule has 0 fully saturated rings. The Bertz CT molecular complexity index is 221. The summed E-state index contributed by atoms with van der Waals surface area (Å²) in [4.78, 5) is 0.505. The molecule has 0 bridgehead atoms. The molecule has 2 heteroatoms. The molecule has 0 aliphatic carbocycles. The molecule has 1 rings (SSSR count). The predicted octanol–water partition coefficient (Wildman–Crippen LogP) is 4.34. The second-order valence-corrected chi connectivity index (χ2v) is 6.13. The lowest BCUT2D eigenvalue weighted by molar-refractivity contribution is 0.826. The molecule has 0 N–H and O–H groups in total. The Balaban J connectivity index is 2.59. The van der Waals surface area contributed by atoms with E-state index in [9.17, 15) is 0 Å². The fourth-order valence-corrected chi connectivity index (χ4v) is 3.16. The van der Waals surface area contributed by atoms with Gasteiger partial charge in [0.1, 0.15) is 0 Å². The van der Waals surface area contributed by atoms with Gasteiger partial charge in [0.2, 0.25) is 0 Å². The minimum Gasteiger partial charge on any atom is -0.0838 e. The third-order valence-corrected chi connectivity index (χ3v) is 3.10. The van der Waals surface area contributed by atoms with Crippen LogP contribution < -0.4 is 0 Å². The Labute approximate surface area is 96.0 Å². The van der Waals surface area contributed by atoms with Gasteiger partial charge in [-0.15, -0.1) is 0 Å². The first kappa shape index (κ1) is 10.5. The van der Waals surface area contributed by atoms with Crippen LogP contribution in [0.25, 0.3) is 0 Å². The molecule has 0 aliphatic heterocycles. The zero-order valence-electron chi connectivity index (χ0n) is 7.00. The molecular weight excluding hydrogens is 327 g/mol. The average molecular weight is 339 g/mol. The zero-order chi connectivity index (χ0) is 8.97. The highest BCUT2D eigenvalue weighted by molar-refractivity contribution is 14.1. The summed E-state index contributed by atoms with van der Waals surface area (Å²) in [5.41, 5.74) is 1.38. The van der Waals surface area contributed by atoms with Crippen molar-refractivity contribution in [1.82, 2.24) is 0 Å². The van der Waals surface area contributed by atoms with Crippen molar-refractivity contribution in [1.29, 1.82) is 0 Å². The Morgan fingerprint density at radius 2 is 1.92 bits per heavy atom. The van der Waals surface area contributed by atoms with Gasteiger partial charge in [0, 0.05) is 8.75 Å². The fourth-order valence-electron chi connectivity index (χ4n) is 1.08. The minimum absolute atomic E-state index is 0.505. The van der Waals surface area contributed by atoms with Gasteiger partial charge in [0.25, 0.3) is 0 Å². The number of alkyl halides is 2. The Hall–Kier alpha value is 0.430. The zero-order valence-corrected chi connectivity index (χ0v) is 10.7. The standard InChI is InChI=1S/C10H12BrI/c1-8(12)7-10(11)9-5-3-2-4-6-9/h2-6,8,10H,7H2,1H3. The van der Waals surface area contributed by atoms with Gasteiger partial charge >= 0.3 is 0 Å². The second kappa shape index (κ2) is 5.22. The van der Waals surface area contributed by atoms with E-state index in [0.717, 1.165) is 0 Å². The fraction of sp³-hybridized carbons (Fsp3) is 0.400. The highest BCUT2D eigenvalue weighted by Crippen LogP contribution is 2.29. The van der Waals surface area contributed by atoms with Crippen molar-refractivity contribution in [2.75, 3.05) is 0 Å². The Morgan fingerprint density at radius 1 is 1.33 bits per heavy atom. The molecule has 0 aromatic heterocycles. The van der Waals surface area contributed by atoms with E-state index >= 15 is 0 Å². The number of benzene rings is 1. The number of halogens is 2. The summed E-state index contributed by atoms with van der Waals surface area (Å²) >= 11 is 6.14. The van der Waals surface area contributed by atoms with Gasteiger partial charge in [-0.3, -0.25) is 0 Å². The van der Waals surface area contributed by atoms with E-state index < -0.39 is 0 Å². The number of rotatable bonds is 3. The van der Waals surface area contributed by atoms with Crippen LogP contribution in [0.1, 0.15) is 23.7 Å². The third-order valence-electron chi connectivity index (χ3n) is 1.69. The SMILES string of the molecule is CC(I)CC(Br)c1ccccc1. The molecule has 1 aromatic carbocycles. The maximum atomic E-state index is 3.68. The summed E-state index contributed by atoms with van der Waals surface area (Å²) in [5.74, 6) is 0. The van der Waals surface area contributed by atoms with Gasteiger partial charge in [0.15, 0.2) is 0 Å². The maximum Gasteiger partial charge on any atom is 0.0405 e. The molecule has 1 aromatic rings. The minimum atomic E-state index is 0.505. The normalized spacial score (nSPS) is 15.6. The Kier molecular flexibility index (Phi) is 4.57. The molecule has 0 aliphatic rings. The molecular formula is C10H12BrI. The van der Waals surface area contributed by atoms with Crippen molar-refractivity contribution in [3.63, 3.8) is 0 Å². The van der Waals surface area contributed by atoms with Crippen LogP contribution in [-0.4, -0.2) is 3.92 Å². The summed E-state index contributed by atoms with van der Waals surface area (Å²) < 4.78 is 0.715. The first-order chi connectivity index (χ1) is 5.70. The van der Waals surface area contributed by atoms with Gasteiger partial charge in [-0.1, -0.05) is 75.8 Å². The van der Waals surface area contributed by atoms with E-state index in [4.69, 9.17) is 0 Å². The molecule has 2 unspecified atom stereocenters. The van der Waals surface area contributed by atoms with E-state index in [2.05, 4.69) is 75.8 Å². The number of hydrogen-bond donors (Lipinski definition) is 0. The van der Waals surface area contributed by atoms with Crippen LogP contribution in [0.15, 0.2) is 30.3 Å². The highest BCUT2D eigenvalue weighted by atomic mass is 127. The van der Waals surface area contributed by atoms with Crippen LogP contribution in [0.2, 0.25) is 0 Å². The van der Waals surface area contributed by atoms with Crippen LogP contribution in [0.4, 0.5) is 0 Å². The quantitative estimate of drug-likeness (QED) is 0.568. The van der Waals surface area contributed by atoms with Gasteiger partial charge in [-0.2, -0.15) is 0 Å². The smallest absolute Gasteiger partial charge is 0.0405 e. The molecule has 0 nitrogen and oxygen atoms in total. The lowest BCUT2D eigenvalue weighted by Gasteiger charge is -2.10. The van der Waals surface area contributed by atoms with Gasteiger partial charge in [-0.05, 0) is 12.0 Å². The molecule has 0 amide bonds. The lowest BCUT2D eigenvalue weighted by atomic mass is 10.1. The largest absolute Gasteiger partial charge is 0.0838 e. The van der Waals surface area contributed by atoms with Gasteiger partial charge < -0.3 is 0 Å². The monoisotopic (exact) mass is 338 g/mol. The lowest BCUT2D eigenvalue weighted by Crippen LogP contribution is -1.96. The molecule has 0 heterocycles. The van der Waals surface area contributed by atoms with Crippen LogP contribution in [-0.2, 0) is 0 Å². The maximum absolute atomic E-state index is 3.68. The first-order valence-electron chi connectivity index (χ1n) is 4.03. The summed E-state index contributed by atoms with van der Waals surface area (Å²) in [7, 11) is 0. The molecule has 12 heavy (non-hydrogen) atoms. The Morgan fingerprint density at radius 3 is 2.42 bits per heavy atom. The molecule has 0 saturated carbocycles. The molecule has 2 atom stereocenters. The van der Waals surface area contributed by atoms with Crippen molar-refractivity contribution in [2.24, 2.45) is 0 Å². The van der Waals surface area contributed by atoms with Gasteiger partial charge in [-0.25, -0.2) is 0 Å². The van der Waals surface area contributed by atoms with E-state index in [1.54, 1.807) is 0 Å². The van der Waals surface area contributed by atoms with E-state index in [1.165, 1.54) is 12.0 Å². The van der Waals surface area contributed by atoms with Crippen LogP contribution >= 0.6 is 38.5 Å². The third kappa shape index (κ3) is 3.44. The van der Waals surface area contributed by atoms with Crippen molar-refractivity contribution >= 4 is 38.5 Å². The first-order valence-corrected chi connectivity index (χ1v) is 6.19.